The summed E-state index contributed by atoms with van der Waals surface area (Å²) in [6.45, 7) is 3.58. The molecule has 1 aromatic carbocycles. The maximum atomic E-state index is 13.8. The zero-order valence-corrected chi connectivity index (χ0v) is 16.6. The van der Waals surface area contributed by atoms with Gasteiger partial charge >= 0.3 is 0 Å². The predicted molar refractivity (Wildman–Crippen MR) is 112 cm³/mol. The topological polar surface area (TPSA) is 45.5 Å². The first kappa shape index (κ1) is 17.4. The number of aromatic nitrogens is 3. The molecule has 5 nitrogen and oxygen atoms in total. The fourth-order valence-corrected chi connectivity index (χ4v) is 5.39. The van der Waals surface area contributed by atoms with Gasteiger partial charge in [-0.05, 0) is 69.7 Å². The van der Waals surface area contributed by atoms with Gasteiger partial charge in [-0.3, -0.25) is 0 Å². The number of hydrogen-bond acceptors (Lipinski definition) is 4. The van der Waals surface area contributed by atoms with Crippen LogP contribution in [0.1, 0.15) is 36.9 Å². The van der Waals surface area contributed by atoms with Crippen molar-refractivity contribution >= 4 is 11.5 Å². The van der Waals surface area contributed by atoms with Crippen LogP contribution in [0, 0.1) is 11.7 Å². The largest absolute Gasteiger partial charge is 0.365 e. The molecule has 7 rings (SSSR count). The van der Waals surface area contributed by atoms with E-state index in [9.17, 15) is 4.39 Å². The Morgan fingerprint density at radius 1 is 1.07 bits per heavy atom. The summed E-state index contributed by atoms with van der Waals surface area (Å²) < 4.78 is 15.7. The third-order valence-corrected chi connectivity index (χ3v) is 6.98. The number of fused-ring (bicyclic) bond motifs is 5. The first-order valence-electron chi connectivity index (χ1n) is 10.9. The van der Waals surface area contributed by atoms with Crippen LogP contribution in [0.25, 0.3) is 16.9 Å². The lowest BCUT2D eigenvalue weighted by atomic mass is 9.84. The fraction of sp³-hybridized carbons (Fsp3) is 0.478. The SMILES string of the molecule is Fc1cccc(-c2cc3nc4c(c(N[C@H]5CN6CCC5CC6)n3n2)CCCC4)c1. The van der Waals surface area contributed by atoms with Crippen molar-refractivity contribution in [1.82, 2.24) is 19.5 Å². The first-order chi connectivity index (χ1) is 14.2. The van der Waals surface area contributed by atoms with Crippen LogP contribution < -0.4 is 5.32 Å². The molecule has 0 radical (unpaired) electrons. The Labute approximate surface area is 169 Å². The van der Waals surface area contributed by atoms with Crippen LogP contribution in [0.3, 0.4) is 0 Å². The van der Waals surface area contributed by atoms with Gasteiger partial charge in [-0.25, -0.2) is 9.37 Å². The Kier molecular flexibility index (Phi) is 4.08. The molecule has 150 valence electrons. The molecule has 2 bridgehead atoms. The van der Waals surface area contributed by atoms with E-state index in [1.54, 1.807) is 12.1 Å². The van der Waals surface area contributed by atoms with Gasteiger partial charge in [0.15, 0.2) is 5.65 Å². The zero-order chi connectivity index (χ0) is 19.4. The third kappa shape index (κ3) is 3.01. The van der Waals surface area contributed by atoms with Crippen LogP contribution >= 0.6 is 0 Å². The van der Waals surface area contributed by atoms with Crippen LogP contribution in [0.4, 0.5) is 10.2 Å². The summed E-state index contributed by atoms with van der Waals surface area (Å²) >= 11 is 0. The molecule has 6 heteroatoms. The molecular formula is C23H26FN5. The highest BCUT2D eigenvalue weighted by Crippen LogP contribution is 2.34. The molecule has 1 atom stereocenters. The highest BCUT2D eigenvalue weighted by molar-refractivity contribution is 5.67. The van der Waals surface area contributed by atoms with Crippen molar-refractivity contribution in [2.75, 3.05) is 25.0 Å². The summed E-state index contributed by atoms with van der Waals surface area (Å²) in [6, 6.07) is 9.12. The number of halogens is 1. The minimum Gasteiger partial charge on any atom is -0.365 e. The number of piperidine rings is 3. The Hall–Kier alpha value is -2.47. The molecular weight excluding hydrogens is 365 g/mol. The molecule has 3 fully saturated rings. The van der Waals surface area contributed by atoms with Crippen LogP contribution in [-0.4, -0.2) is 45.2 Å². The van der Waals surface area contributed by atoms with Crippen molar-refractivity contribution in [3.05, 3.63) is 47.4 Å². The van der Waals surface area contributed by atoms with E-state index in [4.69, 9.17) is 10.1 Å². The Bertz CT molecular complexity index is 1070. The van der Waals surface area contributed by atoms with Crippen molar-refractivity contribution in [3.8, 4) is 11.3 Å². The van der Waals surface area contributed by atoms with Gasteiger partial charge in [0.2, 0.25) is 0 Å². The molecule has 2 aromatic heterocycles. The van der Waals surface area contributed by atoms with E-state index < -0.39 is 0 Å². The van der Waals surface area contributed by atoms with E-state index >= 15 is 0 Å². The van der Waals surface area contributed by atoms with Gasteiger partial charge in [0.05, 0.1) is 5.69 Å². The fourth-order valence-electron chi connectivity index (χ4n) is 5.39. The van der Waals surface area contributed by atoms with Crippen molar-refractivity contribution in [2.45, 2.75) is 44.6 Å². The average molecular weight is 391 g/mol. The number of hydrogen-bond donors (Lipinski definition) is 1. The smallest absolute Gasteiger partial charge is 0.158 e. The van der Waals surface area contributed by atoms with Crippen LogP contribution in [0.5, 0.6) is 0 Å². The zero-order valence-electron chi connectivity index (χ0n) is 16.6. The van der Waals surface area contributed by atoms with E-state index in [0.717, 1.165) is 48.0 Å². The summed E-state index contributed by atoms with van der Waals surface area (Å²) in [4.78, 5) is 7.52. The number of benzene rings is 1. The Morgan fingerprint density at radius 3 is 2.72 bits per heavy atom. The summed E-state index contributed by atoms with van der Waals surface area (Å²) in [7, 11) is 0. The van der Waals surface area contributed by atoms with E-state index in [0.29, 0.717) is 6.04 Å². The summed E-state index contributed by atoms with van der Waals surface area (Å²) in [5, 5.41) is 8.78. The van der Waals surface area contributed by atoms with E-state index in [1.807, 2.05) is 16.6 Å². The van der Waals surface area contributed by atoms with E-state index in [-0.39, 0.29) is 5.82 Å². The van der Waals surface area contributed by atoms with Crippen molar-refractivity contribution in [3.63, 3.8) is 0 Å². The first-order valence-corrected chi connectivity index (χ1v) is 10.9. The highest BCUT2D eigenvalue weighted by Gasteiger charge is 2.35. The summed E-state index contributed by atoms with van der Waals surface area (Å²) in [5.41, 5.74) is 4.96. The quantitative estimate of drug-likeness (QED) is 0.735. The van der Waals surface area contributed by atoms with Gasteiger partial charge in [0.1, 0.15) is 11.6 Å². The van der Waals surface area contributed by atoms with Gasteiger partial charge in [0.25, 0.3) is 0 Å². The van der Waals surface area contributed by atoms with Gasteiger partial charge < -0.3 is 10.2 Å². The highest BCUT2D eigenvalue weighted by atomic mass is 19.1. The maximum Gasteiger partial charge on any atom is 0.158 e. The average Bonchev–Trinajstić information content (AvgIpc) is 3.18. The molecule has 0 amide bonds. The van der Waals surface area contributed by atoms with Gasteiger partial charge in [0, 0.05) is 35.5 Å². The Morgan fingerprint density at radius 2 is 1.93 bits per heavy atom. The lowest BCUT2D eigenvalue weighted by Crippen LogP contribution is -2.53. The molecule has 3 aliphatic heterocycles. The van der Waals surface area contributed by atoms with Crippen molar-refractivity contribution in [1.29, 1.82) is 0 Å². The second kappa shape index (κ2) is 6.80. The van der Waals surface area contributed by atoms with Gasteiger partial charge in [-0.2, -0.15) is 9.61 Å². The van der Waals surface area contributed by atoms with E-state index in [1.165, 1.54) is 56.1 Å². The van der Waals surface area contributed by atoms with Crippen LogP contribution in [-0.2, 0) is 12.8 Å². The molecule has 3 aromatic rings. The standard InChI is InChI=1S/C23H26FN5/c24-17-5-3-4-16(12-17)20-13-22-25-19-7-2-1-6-18(19)23(29(22)27-20)26-21-14-28-10-8-15(21)9-11-28/h3-5,12-13,15,21,26H,1-2,6-11,14H2/t21-/m0/s1. The number of nitrogens with zero attached hydrogens (tertiary/aromatic N) is 4. The molecule has 0 spiro atoms. The molecule has 29 heavy (non-hydrogen) atoms. The lowest BCUT2D eigenvalue weighted by Gasteiger charge is -2.45. The number of aryl methyl sites for hydroxylation is 1. The molecule has 4 aliphatic rings. The number of rotatable bonds is 3. The van der Waals surface area contributed by atoms with Gasteiger partial charge in [-0.1, -0.05) is 12.1 Å². The molecule has 0 unspecified atom stereocenters. The molecule has 3 saturated heterocycles. The molecule has 1 N–H and O–H groups in total. The molecule has 1 aliphatic carbocycles. The van der Waals surface area contributed by atoms with Crippen LogP contribution in [0.15, 0.2) is 30.3 Å². The number of nitrogens with one attached hydrogen (secondary N) is 1. The normalized spacial score (nSPS) is 25.9. The monoisotopic (exact) mass is 391 g/mol. The Balaban J connectivity index is 1.46. The van der Waals surface area contributed by atoms with E-state index in [2.05, 4.69) is 10.2 Å². The van der Waals surface area contributed by atoms with Crippen molar-refractivity contribution < 1.29 is 4.39 Å². The summed E-state index contributed by atoms with van der Waals surface area (Å²) in [6.07, 6.45) is 7.04. The van der Waals surface area contributed by atoms with Crippen molar-refractivity contribution in [2.24, 2.45) is 5.92 Å². The lowest BCUT2D eigenvalue weighted by molar-refractivity contribution is 0.0972. The molecule has 5 heterocycles. The minimum atomic E-state index is -0.238. The second-order valence-corrected chi connectivity index (χ2v) is 8.79. The molecule has 0 saturated carbocycles. The maximum absolute atomic E-state index is 13.8. The minimum absolute atomic E-state index is 0.238. The third-order valence-electron chi connectivity index (χ3n) is 6.98. The van der Waals surface area contributed by atoms with Crippen LogP contribution in [0.2, 0.25) is 0 Å². The van der Waals surface area contributed by atoms with Gasteiger partial charge in [-0.15, -0.1) is 0 Å². The number of anilines is 1. The second-order valence-electron chi connectivity index (χ2n) is 8.79. The summed E-state index contributed by atoms with van der Waals surface area (Å²) in [5.74, 6) is 1.62. The predicted octanol–water partition coefficient (Wildman–Crippen LogP) is 3.92.